The minimum absolute atomic E-state index is 0.0530. The van der Waals surface area contributed by atoms with Crippen LogP contribution in [0.2, 0.25) is 0 Å². The van der Waals surface area contributed by atoms with E-state index >= 15 is 0 Å². The maximum atomic E-state index is 10.3. The van der Waals surface area contributed by atoms with Crippen LogP contribution in [-0.4, -0.2) is 37.4 Å². The van der Waals surface area contributed by atoms with E-state index < -0.39 is 0 Å². The first-order chi connectivity index (χ1) is 21.8. The molecule has 0 heterocycles. The minimum Gasteiger partial charge on any atom is -0.393 e. The molecule has 270 valence electrons. The quantitative estimate of drug-likeness (QED) is 0.119. The van der Waals surface area contributed by atoms with Gasteiger partial charge in [-0.1, -0.05) is 79.5 Å². The smallest absolute Gasteiger partial charge is 0.0543 e. The van der Waals surface area contributed by atoms with Crippen LogP contribution in [0, 0.1) is 52.3 Å². The van der Waals surface area contributed by atoms with Gasteiger partial charge in [0.25, 0.3) is 0 Å². The molecule has 0 spiro atoms. The first kappa shape index (κ1) is 42.9. The van der Waals surface area contributed by atoms with Crippen molar-refractivity contribution in [1.29, 1.82) is 0 Å². The molecule has 5 N–H and O–H groups in total. The third-order valence-corrected chi connectivity index (χ3v) is 12.0. The van der Waals surface area contributed by atoms with Crippen LogP contribution in [-0.2, 0) is 0 Å². The van der Waals surface area contributed by atoms with E-state index in [1.807, 2.05) is 27.7 Å². The molecule has 46 heavy (non-hydrogen) atoms. The second-order valence-electron chi connectivity index (χ2n) is 16.2. The number of nitrogens with two attached hydrogens (primary N) is 1. The Kier molecular flexibility index (Phi) is 20.3. The number of nitrogens with one attached hydrogen (secondary N) is 2. The number of aliphatic hydroxyl groups is 1. The zero-order valence-corrected chi connectivity index (χ0v) is 32.4. The molecule has 4 aliphatic carbocycles. The van der Waals surface area contributed by atoms with Crippen molar-refractivity contribution in [1.82, 2.24) is 10.6 Å². The topological polar surface area (TPSA) is 70.3 Å². The molecule has 9 atom stereocenters. The lowest BCUT2D eigenvalue weighted by Crippen LogP contribution is -2.54. The second-order valence-corrected chi connectivity index (χ2v) is 16.2. The molecule has 0 aliphatic heterocycles. The molecule has 4 rings (SSSR count). The molecule has 0 amide bonds. The molecule has 0 saturated heterocycles. The Labute approximate surface area is 288 Å². The highest BCUT2D eigenvalue weighted by molar-refractivity contribution is 5.15. The average molecular weight is 644 g/mol. The molecule has 4 aliphatic rings. The summed E-state index contributed by atoms with van der Waals surface area (Å²) in [7, 11) is 0. The summed E-state index contributed by atoms with van der Waals surface area (Å²) in [6, 6.07) is 0. The van der Waals surface area contributed by atoms with E-state index in [1.54, 1.807) is 0 Å². The van der Waals surface area contributed by atoms with Gasteiger partial charge in [-0.2, -0.15) is 0 Å². The normalized spacial score (nSPS) is 34.1. The maximum absolute atomic E-state index is 10.3. The Hall–Kier alpha value is -1.10. The number of hydrogen-bond acceptors (Lipinski definition) is 4. The molecule has 0 aromatic rings. The van der Waals surface area contributed by atoms with Crippen molar-refractivity contribution in [3.8, 4) is 0 Å². The summed E-state index contributed by atoms with van der Waals surface area (Å²) in [4.78, 5) is 0. The molecule has 4 heteroatoms. The fraction of sp³-hybridized carbons (Fsp3) is 0.857. The number of fused-ring (bicyclic) bond motifs is 5. The van der Waals surface area contributed by atoms with Gasteiger partial charge in [0.15, 0.2) is 0 Å². The van der Waals surface area contributed by atoms with Gasteiger partial charge in [-0.15, -0.1) is 13.2 Å². The summed E-state index contributed by atoms with van der Waals surface area (Å²) in [5, 5.41) is 17.4. The van der Waals surface area contributed by atoms with Crippen LogP contribution in [0.3, 0.4) is 0 Å². The number of rotatable bonds is 13. The lowest BCUT2D eigenvalue weighted by atomic mass is 9.43. The molecule has 0 bridgehead atoms. The molecule has 0 radical (unpaired) electrons. The van der Waals surface area contributed by atoms with Crippen LogP contribution in [0.1, 0.15) is 146 Å². The van der Waals surface area contributed by atoms with E-state index in [4.69, 9.17) is 5.73 Å². The van der Waals surface area contributed by atoms with E-state index in [9.17, 15) is 5.11 Å². The van der Waals surface area contributed by atoms with Gasteiger partial charge in [0.1, 0.15) is 0 Å². The average Bonchev–Trinajstić information content (AvgIpc) is 3.29. The molecular weight excluding hydrogens is 562 g/mol. The van der Waals surface area contributed by atoms with Crippen LogP contribution >= 0.6 is 0 Å². The minimum atomic E-state index is -0.0530. The van der Waals surface area contributed by atoms with Crippen molar-refractivity contribution in [2.75, 3.05) is 26.2 Å². The summed E-state index contributed by atoms with van der Waals surface area (Å²) >= 11 is 0. The Balaban J connectivity index is 0.000000760. The van der Waals surface area contributed by atoms with Crippen molar-refractivity contribution in [2.45, 2.75) is 152 Å². The first-order valence-electron chi connectivity index (χ1n) is 19.6. The third-order valence-electron chi connectivity index (χ3n) is 12.0. The lowest BCUT2D eigenvalue weighted by Gasteiger charge is -2.62. The summed E-state index contributed by atoms with van der Waals surface area (Å²) in [6.07, 6.45) is 18.3. The van der Waals surface area contributed by atoms with E-state index in [1.165, 1.54) is 62.6 Å². The summed E-state index contributed by atoms with van der Waals surface area (Å²) in [5.74, 6) is 5.42. The van der Waals surface area contributed by atoms with Crippen LogP contribution in [0.25, 0.3) is 0 Å². The van der Waals surface area contributed by atoms with Crippen molar-refractivity contribution in [3.05, 3.63) is 37.1 Å². The lowest BCUT2D eigenvalue weighted by molar-refractivity contribution is -0.135. The van der Waals surface area contributed by atoms with Crippen molar-refractivity contribution >= 4 is 0 Å². The summed E-state index contributed by atoms with van der Waals surface area (Å²) in [6.45, 7) is 36.0. The molecule has 4 fully saturated rings. The molecular formula is C42H81N3O. The Morgan fingerprint density at radius 2 is 1.52 bits per heavy atom. The fourth-order valence-corrected chi connectivity index (χ4v) is 9.94. The number of allylic oxidation sites excluding steroid dienone is 3. The predicted molar refractivity (Wildman–Crippen MR) is 205 cm³/mol. The number of hydrogen-bond donors (Lipinski definition) is 4. The van der Waals surface area contributed by atoms with E-state index in [2.05, 4.69) is 71.1 Å². The van der Waals surface area contributed by atoms with Gasteiger partial charge in [0.05, 0.1) is 6.10 Å². The van der Waals surface area contributed by atoms with Gasteiger partial charge in [0, 0.05) is 12.2 Å². The van der Waals surface area contributed by atoms with Gasteiger partial charge < -0.3 is 21.5 Å². The van der Waals surface area contributed by atoms with Crippen molar-refractivity contribution in [2.24, 2.45) is 58.0 Å². The van der Waals surface area contributed by atoms with Gasteiger partial charge in [-0.3, -0.25) is 0 Å². The Morgan fingerprint density at radius 3 is 2.09 bits per heavy atom. The first-order valence-corrected chi connectivity index (χ1v) is 19.6. The molecule has 0 aromatic heterocycles. The van der Waals surface area contributed by atoms with E-state index in [0.717, 1.165) is 87.9 Å². The standard InChI is InChI=1S/C30H53N3O.C6H14.C4H8.C2H6/c1-5-22-20-30(4)26(25(22)18-21(2)33-17-7-16-32-15-6-14-31)10-11-27-28(30)9-8-23-19-24(34)12-13-29(23,27)3;1-4-5-6(2)3;1-4(2)3;1-2/h5,22-28,32-34H,1-2,6-20,31H2,3-4H3;6H,4-5H2,1-3H3;1H2,2-3H3;1-2H3. The molecule has 4 saturated carbocycles. The SMILES string of the molecule is C=C(C)C.C=CC1CC2(C)C(CCC3C2CCC2CC(O)CCC23C)C1CC(=C)NCCCNCCCN.CC.CCCC(C)C. The largest absolute Gasteiger partial charge is 0.393 e. The summed E-state index contributed by atoms with van der Waals surface area (Å²) in [5.41, 5.74) is 8.83. The summed E-state index contributed by atoms with van der Waals surface area (Å²) < 4.78 is 0. The van der Waals surface area contributed by atoms with Crippen LogP contribution in [0.5, 0.6) is 0 Å². The fourth-order valence-electron chi connectivity index (χ4n) is 9.94. The van der Waals surface area contributed by atoms with Crippen LogP contribution in [0.4, 0.5) is 0 Å². The van der Waals surface area contributed by atoms with Crippen LogP contribution in [0.15, 0.2) is 37.1 Å². The predicted octanol–water partition coefficient (Wildman–Crippen LogP) is 10.3. The monoisotopic (exact) mass is 644 g/mol. The Morgan fingerprint density at radius 1 is 0.935 bits per heavy atom. The highest BCUT2D eigenvalue weighted by Gasteiger charge is 2.62. The highest BCUT2D eigenvalue weighted by Crippen LogP contribution is 2.69. The zero-order valence-electron chi connectivity index (χ0n) is 32.4. The third kappa shape index (κ3) is 12.4. The molecule has 9 unspecified atom stereocenters. The highest BCUT2D eigenvalue weighted by atomic mass is 16.3. The van der Waals surface area contributed by atoms with E-state index in [0.29, 0.717) is 22.7 Å². The van der Waals surface area contributed by atoms with Crippen molar-refractivity contribution in [3.63, 3.8) is 0 Å². The van der Waals surface area contributed by atoms with Gasteiger partial charge in [-0.25, -0.2) is 0 Å². The molecule has 4 nitrogen and oxygen atoms in total. The van der Waals surface area contributed by atoms with E-state index in [-0.39, 0.29) is 6.10 Å². The molecule has 0 aromatic carbocycles. The second kappa shape index (κ2) is 21.8. The van der Waals surface area contributed by atoms with Gasteiger partial charge in [0.2, 0.25) is 0 Å². The van der Waals surface area contributed by atoms with Gasteiger partial charge in [-0.05, 0) is 156 Å². The number of aliphatic hydroxyl groups excluding tert-OH is 1. The Bertz CT molecular complexity index is 865. The van der Waals surface area contributed by atoms with Gasteiger partial charge >= 0.3 is 0 Å². The zero-order chi connectivity index (χ0) is 34.9. The van der Waals surface area contributed by atoms with Crippen molar-refractivity contribution < 1.29 is 5.11 Å². The maximum Gasteiger partial charge on any atom is 0.0543 e. The van der Waals surface area contributed by atoms with Crippen LogP contribution < -0.4 is 16.4 Å².